The molecule has 0 fully saturated rings. The van der Waals surface area contributed by atoms with Crippen molar-refractivity contribution in [2.24, 2.45) is 5.90 Å². The lowest BCUT2D eigenvalue weighted by molar-refractivity contribution is -0.0240. The van der Waals surface area contributed by atoms with Gasteiger partial charge in [-0.1, -0.05) is 0 Å². The molecule has 0 spiro atoms. The van der Waals surface area contributed by atoms with Gasteiger partial charge in [-0.2, -0.15) is 0 Å². The molecule has 1 aromatic heterocycles. The topological polar surface area (TPSA) is 35.2 Å². The first kappa shape index (κ1) is 10.1. The van der Waals surface area contributed by atoms with Gasteiger partial charge in [-0.25, -0.2) is 5.90 Å². The number of hydrogen-bond donors (Lipinski definition) is 1. The fourth-order valence-corrected chi connectivity index (χ4v) is 3.37. The zero-order valence-electron chi connectivity index (χ0n) is 8.80. The molecule has 1 aliphatic carbocycles. The number of rotatable bonds is 2. The van der Waals surface area contributed by atoms with E-state index in [1.54, 1.807) is 0 Å². The zero-order chi connectivity index (χ0) is 10.2. The minimum absolute atomic E-state index is 0.332. The lowest BCUT2D eigenvalue weighted by Gasteiger charge is -2.24. The third-order valence-electron chi connectivity index (χ3n) is 3.00. The van der Waals surface area contributed by atoms with Gasteiger partial charge in [-0.15, -0.1) is 11.3 Å². The second kappa shape index (κ2) is 3.65. The van der Waals surface area contributed by atoms with E-state index in [2.05, 4.69) is 5.38 Å². The van der Waals surface area contributed by atoms with Crippen molar-refractivity contribution < 1.29 is 4.84 Å². The summed E-state index contributed by atoms with van der Waals surface area (Å²) in [5.41, 5.74) is 2.46. The third kappa shape index (κ3) is 1.60. The van der Waals surface area contributed by atoms with E-state index in [1.165, 1.54) is 41.7 Å². The van der Waals surface area contributed by atoms with Gasteiger partial charge in [-0.05, 0) is 56.0 Å². The monoisotopic (exact) mass is 211 g/mol. The highest BCUT2D eigenvalue weighted by atomic mass is 32.1. The van der Waals surface area contributed by atoms with Crippen LogP contribution in [0, 0.1) is 0 Å². The normalized spacial score (nSPS) is 16.8. The fourth-order valence-electron chi connectivity index (χ4n) is 2.06. The summed E-state index contributed by atoms with van der Waals surface area (Å²) in [7, 11) is 0. The first-order valence-electron chi connectivity index (χ1n) is 5.13. The average molecular weight is 211 g/mol. The summed E-state index contributed by atoms with van der Waals surface area (Å²) in [5, 5.41) is 2.21. The van der Waals surface area contributed by atoms with Gasteiger partial charge >= 0.3 is 0 Å². The van der Waals surface area contributed by atoms with Gasteiger partial charge in [0.25, 0.3) is 0 Å². The standard InChI is InChI=1S/C11H17NOS/c1-11(2,13-12)9-7-14-10-6-4-3-5-8(9)10/h7H,3-6,12H2,1-2H3. The van der Waals surface area contributed by atoms with Crippen molar-refractivity contribution in [3.63, 3.8) is 0 Å². The molecule has 0 atom stereocenters. The highest BCUT2D eigenvalue weighted by Gasteiger charge is 2.27. The first-order valence-corrected chi connectivity index (χ1v) is 6.01. The van der Waals surface area contributed by atoms with E-state index in [9.17, 15) is 0 Å². The highest BCUT2D eigenvalue weighted by Crippen LogP contribution is 2.36. The lowest BCUT2D eigenvalue weighted by Crippen LogP contribution is -2.26. The van der Waals surface area contributed by atoms with Gasteiger partial charge in [0.15, 0.2) is 0 Å². The minimum Gasteiger partial charge on any atom is -0.294 e. The second-order valence-corrected chi connectivity index (χ2v) is 5.35. The quantitative estimate of drug-likeness (QED) is 0.763. The summed E-state index contributed by atoms with van der Waals surface area (Å²) in [4.78, 5) is 6.59. The Labute approximate surface area is 89.0 Å². The predicted octanol–water partition coefficient (Wildman–Crippen LogP) is 2.75. The Balaban J connectivity index is 2.39. The molecule has 1 heterocycles. The van der Waals surface area contributed by atoms with E-state index in [0.29, 0.717) is 0 Å². The van der Waals surface area contributed by atoms with Crippen LogP contribution in [0.2, 0.25) is 0 Å². The zero-order valence-corrected chi connectivity index (χ0v) is 9.62. The molecule has 1 aliphatic rings. The SMILES string of the molecule is CC(C)(ON)c1csc2c1CCCC2. The summed E-state index contributed by atoms with van der Waals surface area (Å²) in [5.74, 6) is 5.34. The maximum atomic E-state index is 5.34. The molecule has 0 radical (unpaired) electrons. The molecule has 0 saturated carbocycles. The Morgan fingerprint density at radius 2 is 2.07 bits per heavy atom. The molecule has 0 aromatic carbocycles. The maximum absolute atomic E-state index is 5.34. The van der Waals surface area contributed by atoms with Crippen molar-refractivity contribution in [1.82, 2.24) is 0 Å². The van der Waals surface area contributed by atoms with Crippen LogP contribution in [-0.2, 0) is 23.3 Å². The van der Waals surface area contributed by atoms with Crippen LogP contribution in [-0.4, -0.2) is 0 Å². The van der Waals surface area contributed by atoms with E-state index in [-0.39, 0.29) is 5.60 Å². The van der Waals surface area contributed by atoms with Crippen molar-refractivity contribution >= 4 is 11.3 Å². The van der Waals surface area contributed by atoms with Gasteiger partial charge < -0.3 is 0 Å². The summed E-state index contributed by atoms with van der Waals surface area (Å²) >= 11 is 1.86. The van der Waals surface area contributed by atoms with Crippen LogP contribution in [0.1, 0.15) is 42.7 Å². The van der Waals surface area contributed by atoms with E-state index < -0.39 is 0 Å². The number of aryl methyl sites for hydroxylation is 1. The molecule has 2 nitrogen and oxygen atoms in total. The Bertz CT molecular complexity index is 330. The molecular weight excluding hydrogens is 194 g/mol. The third-order valence-corrected chi connectivity index (χ3v) is 4.09. The van der Waals surface area contributed by atoms with Gasteiger partial charge in [0.2, 0.25) is 0 Å². The maximum Gasteiger partial charge on any atom is 0.110 e. The molecule has 0 saturated heterocycles. The van der Waals surface area contributed by atoms with Crippen molar-refractivity contribution in [2.75, 3.05) is 0 Å². The molecule has 14 heavy (non-hydrogen) atoms. The second-order valence-electron chi connectivity index (χ2n) is 4.39. The highest BCUT2D eigenvalue weighted by molar-refractivity contribution is 7.10. The van der Waals surface area contributed by atoms with Crippen LogP contribution < -0.4 is 5.90 Å². The van der Waals surface area contributed by atoms with Crippen LogP contribution in [0.3, 0.4) is 0 Å². The van der Waals surface area contributed by atoms with Gasteiger partial charge in [0.1, 0.15) is 5.60 Å². The summed E-state index contributed by atoms with van der Waals surface area (Å²) < 4.78 is 0. The number of thiophene rings is 1. The van der Waals surface area contributed by atoms with Gasteiger partial charge in [0, 0.05) is 4.88 Å². The number of hydrogen-bond acceptors (Lipinski definition) is 3. The molecule has 0 aliphatic heterocycles. The van der Waals surface area contributed by atoms with Crippen molar-refractivity contribution in [1.29, 1.82) is 0 Å². The molecule has 78 valence electrons. The van der Waals surface area contributed by atoms with E-state index >= 15 is 0 Å². The molecule has 0 bridgehead atoms. The Morgan fingerprint density at radius 3 is 2.79 bits per heavy atom. The van der Waals surface area contributed by atoms with Gasteiger partial charge in [0.05, 0.1) is 0 Å². The number of fused-ring (bicyclic) bond motifs is 1. The van der Waals surface area contributed by atoms with Crippen molar-refractivity contribution in [3.8, 4) is 0 Å². The molecule has 0 unspecified atom stereocenters. The van der Waals surface area contributed by atoms with Crippen molar-refractivity contribution in [3.05, 3.63) is 21.4 Å². The molecule has 2 N–H and O–H groups in total. The molecule has 1 aromatic rings. The fraction of sp³-hybridized carbons (Fsp3) is 0.636. The Hall–Kier alpha value is -0.380. The molecule has 2 rings (SSSR count). The molecule has 3 heteroatoms. The van der Waals surface area contributed by atoms with Crippen LogP contribution in [0.5, 0.6) is 0 Å². The predicted molar refractivity (Wildman–Crippen MR) is 59.3 cm³/mol. The smallest absolute Gasteiger partial charge is 0.110 e. The summed E-state index contributed by atoms with van der Waals surface area (Å²) in [6.45, 7) is 4.06. The largest absolute Gasteiger partial charge is 0.294 e. The van der Waals surface area contributed by atoms with Crippen LogP contribution in [0.25, 0.3) is 0 Å². The molecular formula is C11H17NOS. The summed E-state index contributed by atoms with van der Waals surface area (Å²) in [6.07, 6.45) is 5.07. The molecule has 0 amide bonds. The average Bonchev–Trinajstić information content (AvgIpc) is 2.61. The van der Waals surface area contributed by atoms with E-state index in [0.717, 1.165) is 0 Å². The van der Waals surface area contributed by atoms with Crippen LogP contribution in [0.15, 0.2) is 5.38 Å². The Morgan fingerprint density at radius 1 is 1.36 bits per heavy atom. The summed E-state index contributed by atoms with van der Waals surface area (Å²) in [6, 6.07) is 0. The first-order chi connectivity index (χ1) is 6.65. The van der Waals surface area contributed by atoms with Crippen LogP contribution in [0.4, 0.5) is 0 Å². The Kier molecular flexibility index (Phi) is 2.64. The lowest BCUT2D eigenvalue weighted by atomic mass is 9.89. The number of nitrogens with two attached hydrogens (primary N) is 1. The van der Waals surface area contributed by atoms with Crippen LogP contribution >= 0.6 is 11.3 Å². The van der Waals surface area contributed by atoms with E-state index in [4.69, 9.17) is 10.7 Å². The van der Waals surface area contributed by atoms with E-state index in [1.807, 2.05) is 25.2 Å². The van der Waals surface area contributed by atoms with Crippen molar-refractivity contribution in [2.45, 2.75) is 45.1 Å². The minimum atomic E-state index is -0.332. The van der Waals surface area contributed by atoms with Gasteiger partial charge in [-0.3, -0.25) is 4.84 Å².